The number of hydrogen-bond donors (Lipinski definition) is 3. The van der Waals surface area contributed by atoms with E-state index in [1.54, 1.807) is 108 Å². The first kappa shape index (κ1) is 72.7. The molecule has 30 heteroatoms. The first-order valence-electron chi connectivity index (χ1n) is 33.5. The fourth-order valence-corrected chi connectivity index (χ4v) is 18.7. The van der Waals surface area contributed by atoms with E-state index in [2.05, 4.69) is 84.8 Å². The molecule has 10 aromatic rings. The molecule has 0 unspecified atom stereocenters. The van der Waals surface area contributed by atoms with Crippen molar-refractivity contribution in [3.63, 3.8) is 0 Å². The van der Waals surface area contributed by atoms with Gasteiger partial charge in [-0.25, -0.2) is 49.0 Å². The predicted octanol–water partition coefficient (Wildman–Crippen LogP) is 13.4. The molecule has 0 spiro atoms. The number of anilines is 7. The normalized spacial score (nSPS) is 16.2. The van der Waals surface area contributed by atoms with Crippen LogP contribution in [0.1, 0.15) is 69.5 Å². The second-order valence-electron chi connectivity index (χ2n) is 25.2. The molecule has 14 rings (SSSR count). The molecular weight excluding hydrogens is 1420 g/mol. The largest absolute Gasteiger partial charge is 0.369 e. The Labute approximate surface area is 614 Å². The summed E-state index contributed by atoms with van der Waals surface area (Å²) >= 11 is 3.78. The van der Waals surface area contributed by atoms with E-state index in [0.717, 1.165) is 84.4 Å². The molecule has 0 bridgehead atoms. The minimum atomic E-state index is -3.73. The van der Waals surface area contributed by atoms with Gasteiger partial charge in [-0.3, -0.25) is 28.7 Å². The van der Waals surface area contributed by atoms with E-state index in [1.807, 2.05) is 66.3 Å². The number of thiazole rings is 3. The molecular formula is C72H92F2N14O8S6. The van der Waals surface area contributed by atoms with Gasteiger partial charge < -0.3 is 34.0 Å². The van der Waals surface area contributed by atoms with Gasteiger partial charge in [-0.2, -0.15) is 0 Å². The highest BCUT2D eigenvalue weighted by Crippen LogP contribution is 2.33. The van der Waals surface area contributed by atoms with E-state index in [-0.39, 0.29) is 52.7 Å². The number of nitrogens with one attached hydrogen (secondary N) is 3. The summed E-state index contributed by atoms with van der Waals surface area (Å²) in [6, 6.07) is 42.1. The highest BCUT2D eigenvalue weighted by atomic mass is 32.2. The zero-order chi connectivity index (χ0) is 71.9. The van der Waals surface area contributed by atoms with Crippen LogP contribution in [0.15, 0.2) is 190 Å². The summed E-state index contributed by atoms with van der Waals surface area (Å²) in [6.07, 6.45) is 6.59. The van der Waals surface area contributed by atoms with E-state index in [0.29, 0.717) is 84.7 Å². The molecule has 4 aliphatic heterocycles. The summed E-state index contributed by atoms with van der Waals surface area (Å²) in [6.45, 7) is 19.1. The van der Waals surface area contributed by atoms with Crippen LogP contribution in [0.4, 0.5) is 46.9 Å². The van der Waals surface area contributed by atoms with Gasteiger partial charge in [0.15, 0.2) is 15.4 Å². The Bertz CT molecular complexity index is 4870. The lowest BCUT2D eigenvalue weighted by molar-refractivity contribution is -0.134. The minimum absolute atomic E-state index is 0. The Balaban J connectivity index is 0.000000248. The summed E-state index contributed by atoms with van der Waals surface area (Å²) in [5, 5.41) is 5.00. The van der Waals surface area contributed by atoms with Crippen LogP contribution in [-0.4, -0.2) is 162 Å². The van der Waals surface area contributed by atoms with Crippen molar-refractivity contribution in [3.05, 3.63) is 208 Å². The second kappa shape index (κ2) is 31.7. The molecule has 6 aromatic carbocycles. The lowest BCUT2D eigenvalue weighted by Crippen LogP contribution is -2.55. The Hall–Kier alpha value is -9.04. The van der Waals surface area contributed by atoms with Crippen LogP contribution in [0, 0.1) is 25.5 Å². The number of carbonyl (C=O) groups excluding carboxylic acids is 2. The van der Waals surface area contributed by atoms with Crippen LogP contribution < -0.4 is 33.8 Å². The summed E-state index contributed by atoms with van der Waals surface area (Å²) in [5.41, 5.74) is 7.60. The van der Waals surface area contributed by atoms with E-state index in [4.69, 9.17) is 0 Å². The second-order valence-corrected chi connectivity index (χ2v) is 33.2. The van der Waals surface area contributed by atoms with Gasteiger partial charge in [-0.05, 0) is 168 Å². The number of aromatic nitrogens is 4. The van der Waals surface area contributed by atoms with Gasteiger partial charge in [0, 0.05) is 162 Å². The zero-order valence-corrected chi connectivity index (χ0v) is 61.9. The number of piperazine rings is 3. The Morgan fingerprint density at radius 3 is 1.48 bits per heavy atom. The van der Waals surface area contributed by atoms with E-state index in [9.17, 15) is 43.6 Å². The van der Waals surface area contributed by atoms with Crippen LogP contribution >= 0.6 is 34.0 Å². The molecule has 8 heterocycles. The Kier molecular flexibility index (Phi) is 22.6. The fourth-order valence-electron chi connectivity index (χ4n) is 13.0. The van der Waals surface area contributed by atoms with Crippen molar-refractivity contribution in [3.8, 4) is 0 Å². The standard InChI is InChI=1S/C27H32FN5O3S2.C24H24FN5O3S2.C21H24N4O2S2.6H2/c1-18-20(3)37-27(29-18)30-38(35,36)24-9-7-23(8-10-24)31-13-15-32(16-14-31)26(34)19(2)33-12-4-5-21-17-22(28)6-11-25(21)33;1-17(30-11-9-20-21(25)3-2-4-22(20)30)23(31)29-14-12-28(13-15-29)18-5-7-19(8-6-18)35(32,33)27-24-26-10-16-34-24;1-17(18-5-3-2-4-6-18)24-12-14-25(15-13-24)19-7-9-20(10-8-19)29(26,27)23-21-22-11-16-28-21;;;;;;/h6-11,17,19H,4-5,12-16H2,1-3H3,(H,29,30);2-11,16-17H,12-15H2,1H3,(H,26,27);2-11,16-17H,12-15H2,1H3,(H,22,23);6*1H/t19-;2*17-;;;;;;/m110....../s1. The van der Waals surface area contributed by atoms with Crippen LogP contribution in [0.25, 0.3) is 10.9 Å². The smallest absolute Gasteiger partial charge is 0.263 e. The van der Waals surface area contributed by atoms with Gasteiger partial charge in [0.25, 0.3) is 30.1 Å². The average molecular weight is 1510 g/mol. The molecule has 0 radical (unpaired) electrons. The number of fused-ring (bicyclic) bond motifs is 2. The SMILES string of the molecule is C[C@@H](c1ccccc1)N1CCN(c2ccc(S(=O)(=O)Nc3nccs3)cc2)CC1.C[C@H](C(=O)N1CCN(c2ccc(S(=O)(=O)Nc3nccs3)cc2)CC1)n1ccc2c(F)cccc21.Cc1nc(NS(=O)(=O)c2ccc(N3CCN(C(=O)[C@@H](C)N4CCCc5cc(F)ccc54)CC3)cc2)sc1C.[HH].[HH].[HH].[HH].[HH].[HH]. The third-order valence-corrected chi connectivity index (χ3v) is 25.7. The molecule has 22 nitrogen and oxygen atoms in total. The zero-order valence-electron chi connectivity index (χ0n) is 57.0. The van der Waals surface area contributed by atoms with Crippen molar-refractivity contribution in [2.24, 2.45) is 0 Å². The average Bonchev–Trinajstić information content (AvgIpc) is 1.15. The first-order chi connectivity index (χ1) is 49.0. The van der Waals surface area contributed by atoms with Gasteiger partial charge in [0.1, 0.15) is 23.7 Å². The van der Waals surface area contributed by atoms with E-state index >= 15 is 0 Å². The minimum Gasteiger partial charge on any atom is -0.369 e. The lowest BCUT2D eigenvalue weighted by atomic mass is 9.99. The molecule has 4 aliphatic rings. The summed E-state index contributed by atoms with van der Waals surface area (Å²) in [7, 11) is -11.0. The van der Waals surface area contributed by atoms with E-state index in [1.165, 1.54) is 57.9 Å². The number of hydrogen-bond acceptors (Lipinski definition) is 19. The van der Waals surface area contributed by atoms with Crippen LogP contribution in [-0.2, 0) is 46.1 Å². The number of carbonyl (C=O) groups is 2. The third kappa shape index (κ3) is 17.0. The first-order valence-corrected chi connectivity index (χ1v) is 40.5. The van der Waals surface area contributed by atoms with Crippen molar-refractivity contribution in [2.45, 2.75) is 80.3 Å². The molecule has 548 valence electrons. The number of benzene rings is 6. The maximum Gasteiger partial charge on any atom is 0.263 e. The molecule has 3 fully saturated rings. The monoisotopic (exact) mass is 1510 g/mol. The Morgan fingerprint density at radius 2 is 1.01 bits per heavy atom. The van der Waals surface area contributed by atoms with Crippen LogP contribution in [0.5, 0.6) is 0 Å². The molecule has 0 saturated carbocycles. The number of aryl methyl sites for hydroxylation is 3. The van der Waals surface area contributed by atoms with Gasteiger partial charge in [-0.15, -0.1) is 34.0 Å². The Morgan fingerprint density at radius 1 is 0.529 bits per heavy atom. The third-order valence-electron chi connectivity index (χ3n) is 18.9. The number of amides is 2. The number of sulfonamides is 3. The molecule has 0 aliphatic carbocycles. The highest BCUT2D eigenvalue weighted by Gasteiger charge is 2.33. The number of halogens is 2. The van der Waals surface area contributed by atoms with Gasteiger partial charge in [0.05, 0.1) is 25.9 Å². The highest BCUT2D eigenvalue weighted by molar-refractivity contribution is 7.93. The van der Waals surface area contributed by atoms with Gasteiger partial charge in [-0.1, -0.05) is 36.4 Å². The topological polar surface area (TPSA) is 239 Å². The molecule has 3 N–H and O–H groups in total. The number of rotatable bonds is 18. The predicted molar refractivity (Wildman–Crippen MR) is 415 cm³/mol. The summed E-state index contributed by atoms with van der Waals surface area (Å²) in [4.78, 5) is 55.2. The summed E-state index contributed by atoms with van der Waals surface area (Å²) in [5.74, 6) is -0.484. The van der Waals surface area contributed by atoms with Crippen molar-refractivity contribution in [2.75, 3.05) is 119 Å². The quantitative estimate of drug-likeness (QED) is 0.0724. The fraction of sp³-hybridized carbons (Fsp3) is 0.319. The molecule has 3 saturated heterocycles. The van der Waals surface area contributed by atoms with Crippen LogP contribution in [0.3, 0.4) is 0 Å². The van der Waals surface area contributed by atoms with E-state index < -0.39 is 36.1 Å². The maximum atomic E-state index is 14.0. The summed E-state index contributed by atoms with van der Waals surface area (Å²) < 4.78 is 113. The molecule has 3 atom stereocenters. The lowest BCUT2D eigenvalue weighted by Gasteiger charge is -2.41. The van der Waals surface area contributed by atoms with Gasteiger partial charge >= 0.3 is 0 Å². The molecule has 4 aromatic heterocycles. The maximum absolute atomic E-state index is 14.0. The van der Waals surface area contributed by atoms with Crippen molar-refractivity contribution in [1.29, 1.82) is 0 Å². The molecule has 2 amide bonds. The van der Waals surface area contributed by atoms with Crippen molar-refractivity contribution in [1.82, 2.24) is 34.2 Å². The van der Waals surface area contributed by atoms with Gasteiger partial charge in [0.2, 0.25) is 11.8 Å². The van der Waals surface area contributed by atoms with Crippen molar-refractivity contribution >= 4 is 125 Å². The van der Waals surface area contributed by atoms with Crippen LogP contribution in [0.2, 0.25) is 0 Å². The van der Waals surface area contributed by atoms with Crippen molar-refractivity contribution < 1.29 is 52.2 Å². The molecule has 102 heavy (non-hydrogen) atoms. The number of nitrogens with zero attached hydrogens (tertiary/aromatic N) is 11.